The van der Waals surface area contributed by atoms with E-state index in [4.69, 9.17) is 0 Å². The lowest BCUT2D eigenvalue weighted by Crippen LogP contribution is -2.11. The number of carbonyl (C=O) groups is 1. The Morgan fingerprint density at radius 1 is 1.39 bits per heavy atom. The van der Waals surface area contributed by atoms with Crippen molar-refractivity contribution in [1.82, 2.24) is 14.8 Å². The number of thiazole rings is 1. The average molecular weight is 263 g/mol. The molecule has 2 heterocycles. The molecular weight excluding hydrogens is 246 g/mol. The SMILES string of the molecule is CCn1nc(C)cc1CC(=O)Cc1csc(C)n1. The van der Waals surface area contributed by atoms with Gasteiger partial charge in [0.25, 0.3) is 0 Å². The number of carbonyl (C=O) groups excluding carboxylic acids is 1. The number of aromatic nitrogens is 3. The maximum Gasteiger partial charge on any atom is 0.144 e. The molecule has 0 N–H and O–H groups in total. The van der Waals surface area contributed by atoms with Gasteiger partial charge in [0, 0.05) is 30.5 Å². The number of rotatable bonds is 5. The zero-order valence-electron chi connectivity index (χ0n) is 10.9. The van der Waals surface area contributed by atoms with E-state index in [2.05, 4.69) is 10.1 Å². The van der Waals surface area contributed by atoms with Crippen LogP contribution in [-0.4, -0.2) is 20.5 Å². The average Bonchev–Trinajstić information content (AvgIpc) is 2.85. The molecule has 0 aliphatic carbocycles. The van der Waals surface area contributed by atoms with Crippen LogP contribution in [0.2, 0.25) is 0 Å². The number of aryl methyl sites for hydroxylation is 3. The van der Waals surface area contributed by atoms with Gasteiger partial charge in [-0.3, -0.25) is 9.48 Å². The van der Waals surface area contributed by atoms with Crippen LogP contribution in [0.15, 0.2) is 11.4 Å². The first kappa shape index (κ1) is 13.0. The molecule has 0 atom stereocenters. The van der Waals surface area contributed by atoms with Gasteiger partial charge in [-0.05, 0) is 26.8 Å². The topological polar surface area (TPSA) is 47.8 Å². The highest BCUT2D eigenvalue weighted by Gasteiger charge is 2.11. The van der Waals surface area contributed by atoms with Gasteiger partial charge >= 0.3 is 0 Å². The molecule has 2 aromatic heterocycles. The number of hydrogen-bond donors (Lipinski definition) is 0. The van der Waals surface area contributed by atoms with Gasteiger partial charge in [0.15, 0.2) is 0 Å². The molecule has 18 heavy (non-hydrogen) atoms. The van der Waals surface area contributed by atoms with Gasteiger partial charge in [-0.25, -0.2) is 4.98 Å². The van der Waals surface area contributed by atoms with Crippen LogP contribution in [0, 0.1) is 13.8 Å². The molecule has 2 aromatic rings. The van der Waals surface area contributed by atoms with Crippen molar-refractivity contribution in [3.8, 4) is 0 Å². The third-order valence-electron chi connectivity index (χ3n) is 2.71. The van der Waals surface area contributed by atoms with E-state index < -0.39 is 0 Å². The van der Waals surface area contributed by atoms with Gasteiger partial charge in [0.1, 0.15) is 5.78 Å². The first-order chi connectivity index (χ1) is 8.58. The number of hydrogen-bond acceptors (Lipinski definition) is 4. The number of nitrogens with zero attached hydrogens (tertiary/aromatic N) is 3. The van der Waals surface area contributed by atoms with Gasteiger partial charge in [-0.2, -0.15) is 5.10 Å². The third kappa shape index (κ3) is 3.04. The highest BCUT2D eigenvalue weighted by atomic mass is 32.1. The molecule has 0 bridgehead atoms. The van der Waals surface area contributed by atoms with E-state index >= 15 is 0 Å². The van der Waals surface area contributed by atoms with Crippen LogP contribution in [0.1, 0.15) is 29.0 Å². The van der Waals surface area contributed by atoms with Gasteiger partial charge in [-0.1, -0.05) is 0 Å². The van der Waals surface area contributed by atoms with Crippen LogP contribution >= 0.6 is 11.3 Å². The van der Waals surface area contributed by atoms with Gasteiger partial charge in [0.2, 0.25) is 0 Å². The van der Waals surface area contributed by atoms with Crippen molar-refractivity contribution in [1.29, 1.82) is 0 Å². The second-order valence-corrected chi connectivity index (χ2v) is 5.41. The Labute approximate surface area is 111 Å². The van der Waals surface area contributed by atoms with E-state index in [1.54, 1.807) is 11.3 Å². The number of Topliss-reactive ketones (excluding diaryl/α,β-unsaturated/α-hetero) is 1. The summed E-state index contributed by atoms with van der Waals surface area (Å²) in [6.07, 6.45) is 0.851. The van der Waals surface area contributed by atoms with Crippen molar-refractivity contribution < 1.29 is 4.79 Å². The second-order valence-electron chi connectivity index (χ2n) is 4.34. The van der Waals surface area contributed by atoms with Crippen molar-refractivity contribution in [2.45, 2.75) is 40.2 Å². The van der Waals surface area contributed by atoms with E-state index in [-0.39, 0.29) is 5.78 Å². The standard InChI is InChI=1S/C13H17N3OS/c1-4-16-12(5-9(2)15-16)7-13(17)6-11-8-18-10(3)14-11/h5,8H,4,6-7H2,1-3H3. The lowest BCUT2D eigenvalue weighted by atomic mass is 10.1. The minimum atomic E-state index is 0.190. The lowest BCUT2D eigenvalue weighted by molar-refractivity contribution is -0.117. The molecular formula is C13H17N3OS. The van der Waals surface area contributed by atoms with Gasteiger partial charge in [0.05, 0.1) is 16.4 Å². The molecule has 0 radical (unpaired) electrons. The first-order valence-electron chi connectivity index (χ1n) is 6.04. The summed E-state index contributed by atoms with van der Waals surface area (Å²) in [4.78, 5) is 16.3. The summed E-state index contributed by atoms with van der Waals surface area (Å²) < 4.78 is 1.89. The Kier molecular flexibility index (Phi) is 3.91. The smallest absolute Gasteiger partial charge is 0.144 e. The molecule has 0 amide bonds. The minimum Gasteiger partial charge on any atom is -0.299 e. The molecule has 0 spiro atoms. The molecule has 0 fully saturated rings. The normalized spacial score (nSPS) is 10.8. The molecule has 96 valence electrons. The summed E-state index contributed by atoms with van der Waals surface area (Å²) in [6, 6.07) is 1.98. The molecule has 0 unspecified atom stereocenters. The molecule has 2 rings (SSSR count). The Bertz CT molecular complexity index is 556. The summed E-state index contributed by atoms with van der Waals surface area (Å²) in [5, 5.41) is 7.30. The predicted octanol–water partition coefficient (Wildman–Crippen LogP) is 2.33. The van der Waals surface area contributed by atoms with Crippen molar-refractivity contribution in [3.05, 3.63) is 33.5 Å². The fourth-order valence-corrected chi connectivity index (χ4v) is 2.58. The summed E-state index contributed by atoms with van der Waals surface area (Å²) in [5.74, 6) is 0.190. The highest BCUT2D eigenvalue weighted by molar-refractivity contribution is 7.09. The van der Waals surface area contributed by atoms with Crippen LogP contribution in [0.5, 0.6) is 0 Å². The molecule has 0 saturated carbocycles. The molecule has 0 aromatic carbocycles. The zero-order valence-corrected chi connectivity index (χ0v) is 11.8. The van der Waals surface area contributed by atoms with Gasteiger partial charge in [-0.15, -0.1) is 11.3 Å². The Morgan fingerprint density at radius 3 is 2.78 bits per heavy atom. The van der Waals surface area contributed by atoms with Crippen LogP contribution < -0.4 is 0 Å². The van der Waals surface area contributed by atoms with Crippen molar-refractivity contribution in [3.63, 3.8) is 0 Å². The summed E-state index contributed by atoms with van der Waals surface area (Å²) in [7, 11) is 0. The molecule has 5 heteroatoms. The Hall–Kier alpha value is -1.49. The van der Waals surface area contributed by atoms with Crippen LogP contribution in [0.3, 0.4) is 0 Å². The summed E-state index contributed by atoms with van der Waals surface area (Å²) >= 11 is 1.58. The second kappa shape index (κ2) is 5.44. The predicted molar refractivity (Wildman–Crippen MR) is 71.9 cm³/mol. The maximum atomic E-state index is 12.0. The third-order valence-corrected chi connectivity index (χ3v) is 3.53. The van der Waals surface area contributed by atoms with E-state index in [1.807, 2.05) is 36.9 Å². The van der Waals surface area contributed by atoms with Crippen molar-refractivity contribution >= 4 is 17.1 Å². The van der Waals surface area contributed by atoms with E-state index in [9.17, 15) is 4.79 Å². The molecule has 0 saturated heterocycles. The molecule has 0 aliphatic heterocycles. The van der Waals surface area contributed by atoms with E-state index in [0.717, 1.165) is 28.6 Å². The molecule has 4 nitrogen and oxygen atoms in total. The van der Waals surface area contributed by atoms with Gasteiger partial charge < -0.3 is 0 Å². The Balaban J connectivity index is 2.02. The highest BCUT2D eigenvalue weighted by Crippen LogP contribution is 2.11. The fourth-order valence-electron chi connectivity index (χ4n) is 1.97. The van der Waals surface area contributed by atoms with Crippen molar-refractivity contribution in [2.75, 3.05) is 0 Å². The van der Waals surface area contributed by atoms with E-state index in [1.165, 1.54) is 0 Å². The van der Waals surface area contributed by atoms with Crippen LogP contribution in [0.25, 0.3) is 0 Å². The maximum absolute atomic E-state index is 12.0. The lowest BCUT2D eigenvalue weighted by Gasteiger charge is -2.03. The summed E-state index contributed by atoms with van der Waals surface area (Å²) in [5.41, 5.74) is 2.83. The van der Waals surface area contributed by atoms with E-state index in [0.29, 0.717) is 12.8 Å². The fraction of sp³-hybridized carbons (Fsp3) is 0.462. The van der Waals surface area contributed by atoms with Crippen LogP contribution in [0.4, 0.5) is 0 Å². The monoisotopic (exact) mass is 263 g/mol. The first-order valence-corrected chi connectivity index (χ1v) is 6.92. The number of ketones is 1. The minimum absolute atomic E-state index is 0.190. The van der Waals surface area contributed by atoms with Crippen molar-refractivity contribution in [2.24, 2.45) is 0 Å². The largest absolute Gasteiger partial charge is 0.299 e. The molecule has 0 aliphatic rings. The van der Waals surface area contributed by atoms with Crippen LogP contribution in [-0.2, 0) is 24.2 Å². The summed E-state index contributed by atoms with van der Waals surface area (Å²) in [6.45, 7) is 6.73. The quantitative estimate of drug-likeness (QED) is 0.832. The zero-order chi connectivity index (χ0) is 13.1. The Morgan fingerprint density at radius 2 is 2.17 bits per heavy atom.